The lowest BCUT2D eigenvalue weighted by atomic mass is 9.77. The summed E-state index contributed by atoms with van der Waals surface area (Å²) in [6.07, 6.45) is 16.9. The van der Waals surface area contributed by atoms with E-state index in [9.17, 15) is 4.79 Å². The number of hydrogen-bond acceptors (Lipinski definition) is 3. The van der Waals surface area contributed by atoms with Gasteiger partial charge in [0.2, 0.25) is 0 Å². The van der Waals surface area contributed by atoms with Crippen LogP contribution in [0.3, 0.4) is 0 Å². The monoisotopic (exact) mass is 477 g/mol. The molecule has 1 aromatic carbocycles. The maximum Gasteiger partial charge on any atom is 0.257 e. The van der Waals surface area contributed by atoms with Crippen molar-refractivity contribution in [3.8, 4) is 0 Å². The molecule has 2 saturated carbocycles. The fourth-order valence-electron chi connectivity index (χ4n) is 5.94. The molecular weight excluding hydrogens is 441 g/mol. The van der Waals surface area contributed by atoms with E-state index in [0.29, 0.717) is 22.5 Å². The van der Waals surface area contributed by atoms with Crippen LogP contribution in [0.2, 0.25) is 10.0 Å². The average Bonchev–Trinajstić information content (AvgIpc) is 3.04. The SMILES string of the molecule is NC1=NC(CCC2CCCCC2)(CCC2CCCCC2)C(=O)N1Cc1ccc(Cl)cc1Cl. The van der Waals surface area contributed by atoms with E-state index in [1.807, 2.05) is 6.07 Å². The Labute approximate surface area is 202 Å². The molecule has 1 aromatic rings. The number of hydrogen-bond donors (Lipinski definition) is 1. The van der Waals surface area contributed by atoms with Crippen molar-refractivity contribution in [1.82, 2.24) is 4.90 Å². The summed E-state index contributed by atoms with van der Waals surface area (Å²) in [5.74, 6) is 1.85. The Morgan fingerprint density at radius 1 is 0.938 bits per heavy atom. The zero-order chi connectivity index (χ0) is 22.6. The zero-order valence-corrected chi connectivity index (χ0v) is 20.6. The molecule has 1 heterocycles. The molecular formula is C26H37Cl2N3O. The minimum atomic E-state index is -0.697. The third kappa shape index (κ3) is 5.62. The first-order chi connectivity index (χ1) is 15.5. The lowest BCUT2D eigenvalue weighted by molar-refractivity contribution is -0.132. The van der Waals surface area contributed by atoms with Gasteiger partial charge in [0.1, 0.15) is 5.54 Å². The molecule has 4 rings (SSSR count). The zero-order valence-electron chi connectivity index (χ0n) is 19.1. The molecule has 1 amide bonds. The molecule has 0 unspecified atom stereocenters. The van der Waals surface area contributed by atoms with E-state index >= 15 is 0 Å². The third-order valence-electron chi connectivity index (χ3n) is 7.97. The maximum absolute atomic E-state index is 13.8. The first-order valence-electron chi connectivity index (χ1n) is 12.6. The van der Waals surface area contributed by atoms with Gasteiger partial charge in [-0.05, 0) is 55.2 Å². The van der Waals surface area contributed by atoms with Crippen LogP contribution in [0.5, 0.6) is 0 Å². The van der Waals surface area contributed by atoms with Gasteiger partial charge in [0.25, 0.3) is 5.91 Å². The maximum atomic E-state index is 13.8. The van der Waals surface area contributed by atoms with E-state index in [0.717, 1.165) is 43.1 Å². The quantitative estimate of drug-likeness (QED) is 0.433. The standard InChI is InChI=1S/C26H37Cl2N3O/c27-22-12-11-21(23(28)17-22)18-31-24(32)26(30-25(31)29,15-13-19-7-3-1-4-8-19)16-14-20-9-5-2-6-10-20/h11-12,17,19-20H,1-10,13-16,18H2,(H2,29,30). The predicted octanol–water partition coefficient (Wildman–Crippen LogP) is 7.11. The highest BCUT2D eigenvalue weighted by Crippen LogP contribution is 2.39. The van der Waals surface area contributed by atoms with Crippen LogP contribution in [0.25, 0.3) is 0 Å². The van der Waals surface area contributed by atoms with Crippen LogP contribution in [0, 0.1) is 11.8 Å². The third-order valence-corrected chi connectivity index (χ3v) is 8.56. The predicted molar refractivity (Wildman–Crippen MR) is 133 cm³/mol. The molecule has 6 heteroatoms. The molecule has 32 heavy (non-hydrogen) atoms. The minimum Gasteiger partial charge on any atom is -0.369 e. The fraction of sp³-hybridized carbons (Fsp3) is 0.692. The summed E-state index contributed by atoms with van der Waals surface area (Å²) in [7, 11) is 0. The molecule has 0 saturated heterocycles. The van der Waals surface area contributed by atoms with E-state index in [4.69, 9.17) is 33.9 Å². The molecule has 4 nitrogen and oxygen atoms in total. The molecule has 0 spiro atoms. The van der Waals surface area contributed by atoms with Gasteiger partial charge in [-0.25, -0.2) is 4.99 Å². The van der Waals surface area contributed by atoms with Crippen LogP contribution >= 0.6 is 23.2 Å². The van der Waals surface area contributed by atoms with Crippen molar-refractivity contribution >= 4 is 35.1 Å². The van der Waals surface area contributed by atoms with Gasteiger partial charge in [-0.1, -0.05) is 93.5 Å². The van der Waals surface area contributed by atoms with Crippen LogP contribution in [-0.2, 0) is 11.3 Å². The van der Waals surface area contributed by atoms with E-state index in [-0.39, 0.29) is 5.91 Å². The molecule has 2 aliphatic carbocycles. The van der Waals surface area contributed by atoms with Crippen molar-refractivity contribution < 1.29 is 4.79 Å². The largest absolute Gasteiger partial charge is 0.369 e. The Morgan fingerprint density at radius 3 is 2.03 bits per heavy atom. The van der Waals surface area contributed by atoms with Crippen molar-refractivity contribution in [3.05, 3.63) is 33.8 Å². The number of carbonyl (C=O) groups excluding carboxylic acids is 1. The summed E-state index contributed by atoms with van der Waals surface area (Å²) < 4.78 is 0. The van der Waals surface area contributed by atoms with Gasteiger partial charge in [0.05, 0.1) is 6.54 Å². The highest BCUT2D eigenvalue weighted by Gasteiger charge is 2.47. The normalized spacial score (nSPS) is 22.4. The summed E-state index contributed by atoms with van der Waals surface area (Å²) in [6, 6.07) is 5.39. The average molecular weight is 479 g/mol. The van der Waals surface area contributed by atoms with Crippen LogP contribution in [0.15, 0.2) is 23.2 Å². The van der Waals surface area contributed by atoms with Crippen molar-refractivity contribution in [3.63, 3.8) is 0 Å². The number of nitrogens with two attached hydrogens (primary N) is 1. The Morgan fingerprint density at radius 2 is 1.50 bits per heavy atom. The molecule has 0 bridgehead atoms. The lowest BCUT2D eigenvalue weighted by Crippen LogP contribution is -2.44. The Balaban J connectivity index is 1.50. The van der Waals surface area contributed by atoms with Gasteiger partial charge >= 0.3 is 0 Å². The van der Waals surface area contributed by atoms with E-state index < -0.39 is 5.54 Å². The molecule has 2 N–H and O–H groups in total. The summed E-state index contributed by atoms with van der Waals surface area (Å²) in [5.41, 5.74) is 6.52. The van der Waals surface area contributed by atoms with Crippen LogP contribution in [-0.4, -0.2) is 22.3 Å². The van der Waals surface area contributed by atoms with Crippen LogP contribution in [0.4, 0.5) is 0 Å². The molecule has 1 aliphatic heterocycles. The number of nitrogens with zero attached hydrogens (tertiary/aromatic N) is 2. The number of carbonyl (C=O) groups is 1. The Kier molecular flexibility index (Phi) is 8.04. The lowest BCUT2D eigenvalue weighted by Gasteiger charge is -2.31. The molecule has 0 atom stereocenters. The molecule has 3 aliphatic rings. The van der Waals surface area contributed by atoms with Crippen molar-refractivity contribution in [2.24, 2.45) is 22.6 Å². The second-order valence-electron chi connectivity index (χ2n) is 10.2. The van der Waals surface area contributed by atoms with Crippen LogP contribution in [0.1, 0.15) is 95.5 Å². The summed E-state index contributed by atoms with van der Waals surface area (Å²) in [4.78, 5) is 20.4. The number of halogens is 2. The van der Waals surface area contributed by atoms with E-state index in [1.54, 1.807) is 17.0 Å². The van der Waals surface area contributed by atoms with Crippen molar-refractivity contribution in [2.45, 2.75) is 102 Å². The van der Waals surface area contributed by atoms with E-state index in [2.05, 4.69) is 0 Å². The summed E-state index contributed by atoms with van der Waals surface area (Å²) >= 11 is 12.4. The first kappa shape index (κ1) is 23.9. The molecule has 176 valence electrons. The number of aliphatic imine (C=N–C) groups is 1. The van der Waals surface area contributed by atoms with Gasteiger partial charge in [0.15, 0.2) is 5.96 Å². The summed E-state index contributed by atoms with van der Waals surface area (Å²) in [6.45, 7) is 0.346. The Bertz CT molecular complexity index is 806. The molecule has 2 fully saturated rings. The Hall–Kier alpha value is -1.26. The first-order valence-corrected chi connectivity index (χ1v) is 13.3. The van der Waals surface area contributed by atoms with Gasteiger partial charge in [-0.2, -0.15) is 0 Å². The van der Waals surface area contributed by atoms with Crippen molar-refractivity contribution in [1.29, 1.82) is 0 Å². The van der Waals surface area contributed by atoms with Crippen molar-refractivity contribution in [2.75, 3.05) is 0 Å². The fourth-order valence-corrected chi connectivity index (χ4v) is 6.41. The van der Waals surface area contributed by atoms with Gasteiger partial charge in [0, 0.05) is 10.0 Å². The summed E-state index contributed by atoms with van der Waals surface area (Å²) in [5, 5.41) is 1.14. The smallest absolute Gasteiger partial charge is 0.257 e. The van der Waals surface area contributed by atoms with Gasteiger partial charge < -0.3 is 5.73 Å². The highest BCUT2D eigenvalue weighted by atomic mass is 35.5. The highest BCUT2D eigenvalue weighted by molar-refractivity contribution is 6.35. The molecule has 0 aromatic heterocycles. The molecule has 0 radical (unpaired) electrons. The minimum absolute atomic E-state index is 0.0626. The second kappa shape index (κ2) is 10.8. The van der Waals surface area contributed by atoms with Crippen LogP contribution < -0.4 is 5.73 Å². The van der Waals surface area contributed by atoms with Gasteiger partial charge in [-0.15, -0.1) is 0 Å². The number of benzene rings is 1. The topological polar surface area (TPSA) is 58.7 Å². The van der Waals surface area contributed by atoms with E-state index in [1.165, 1.54) is 64.2 Å². The number of guanidine groups is 1. The second-order valence-corrected chi connectivity index (χ2v) is 11.1. The number of amides is 1. The number of rotatable bonds is 8. The van der Waals surface area contributed by atoms with Gasteiger partial charge in [-0.3, -0.25) is 9.69 Å².